The van der Waals surface area contributed by atoms with Gasteiger partial charge in [-0.1, -0.05) is 46.8 Å². The predicted molar refractivity (Wildman–Crippen MR) is 142 cm³/mol. The summed E-state index contributed by atoms with van der Waals surface area (Å²) in [7, 11) is 0. The Morgan fingerprint density at radius 2 is 1.19 bits per heavy atom. The molecule has 2 atom stereocenters. The highest BCUT2D eigenvalue weighted by atomic mass is 19.4. The van der Waals surface area contributed by atoms with Crippen LogP contribution in [0.2, 0.25) is 0 Å². The van der Waals surface area contributed by atoms with Crippen molar-refractivity contribution in [3.8, 4) is 11.3 Å². The summed E-state index contributed by atoms with van der Waals surface area (Å²) in [6.45, 7) is 0. The SMILES string of the molecule is Fc1ccc(C(c2ccc(F)cc2-c2ccc(C(c3ccc(C(F)(F)F)cc3)n3ccnn3)cn2)n2ccnn2)cc1. The van der Waals surface area contributed by atoms with Gasteiger partial charge in [-0.3, -0.25) is 4.98 Å². The molecule has 0 radical (unpaired) electrons. The quantitative estimate of drug-likeness (QED) is 0.204. The molecule has 0 aliphatic carbocycles. The molecule has 0 N–H and O–H groups in total. The number of halogens is 5. The minimum Gasteiger partial charge on any atom is -0.256 e. The molecule has 2 unspecified atom stereocenters. The fourth-order valence-corrected chi connectivity index (χ4v) is 4.90. The molecule has 0 saturated carbocycles. The molecule has 0 aliphatic rings. The Hall–Kier alpha value is -5.26. The summed E-state index contributed by atoms with van der Waals surface area (Å²) in [6.07, 6.45) is 3.34. The summed E-state index contributed by atoms with van der Waals surface area (Å²) in [5.41, 5.74) is 2.64. The number of benzene rings is 3. The monoisotopic (exact) mass is 573 g/mol. The van der Waals surface area contributed by atoms with Crippen LogP contribution in [0.3, 0.4) is 0 Å². The van der Waals surface area contributed by atoms with E-state index < -0.39 is 35.5 Å². The molecule has 0 fully saturated rings. The summed E-state index contributed by atoms with van der Waals surface area (Å²) in [4.78, 5) is 4.62. The molecule has 6 rings (SSSR count). The minimum absolute atomic E-state index is 0.400. The summed E-state index contributed by atoms with van der Waals surface area (Å²) >= 11 is 0. The van der Waals surface area contributed by atoms with Gasteiger partial charge in [0.15, 0.2) is 0 Å². The Morgan fingerprint density at radius 3 is 1.76 bits per heavy atom. The van der Waals surface area contributed by atoms with Gasteiger partial charge >= 0.3 is 6.18 Å². The second-order valence-corrected chi connectivity index (χ2v) is 9.45. The molecular formula is C30H20F5N7. The molecular weight excluding hydrogens is 553 g/mol. The molecule has 0 bridgehead atoms. The molecule has 0 amide bonds. The maximum atomic E-state index is 14.6. The number of hydrogen-bond donors (Lipinski definition) is 0. The van der Waals surface area contributed by atoms with E-state index in [1.807, 2.05) is 0 Å². The van der Waals surface area contributed by atoms with E-state index >= 15 is 0 Å². The normalized spacial score (nSPS) is 13.2. The Kier molecular flexibility index (Phi) is 7.03. The van der Waals surface area contributed by atoms with Crippen LogP contribution in [0.25, 0.3) is 11.3 Å². The van der Waals surface area contributed by atoms with Crippen LogP contribution in [-0.2, 0) is 6.18 Å². The van der Waals surface area contributed by atoms with Crippen LogP contribution in [0, 0.1) is 11.6 Å². The van der Waals surface area contributed by atoms with Crippen LogP contribution in [0.5, 0.6) is 0 Å². The molecule has 3 aromatic heterocycles. The zero-order valence-electron chi connectivity index (χ0n) is 21.6. The lowest BCUT2D eigenvalue weighted by Crippen LogP contribution is -2.15. The smallest absolute Gasteiger partial charge is 0.256 e. The molecule has 7 nitrogen and oxygen atoms in total. The fraction of sp³-hybridized carbons (Fsp3) is 0.100. The first kappa shape index (κ1) is 26.9. The number of hydrogen-bond acceptors (Lipinski definition) is 5. The predicted octanol–water partition coefficient (Wildman–Crippen LogP) is 6.50. The highest BCUT2D eigenvalue weighted by molar-refractivity contribution is 5.66. The molecule has 210 valence electrons. The summed E-state index contributed by atoms with van der Waals surface area (Å²) in [5, 5.41) is 16.0. The van der Waals surface area contributed by atoms with Gasteiger partial charge in [-0.15, -0.1) is 10.2 Å². The van der Waals surface area contributed by atoms with Crippen molar-refractivity contribution in [2.24, 2.45) is 0 Å². The maximum Gasteiger partial charge on any atom is 0.416 e. The van der Waals surface area contributed by atoms with Gasteiger partial charge in [0.2, 0.25) is 0 Å². The highest BCUT2D eigenvalue weighted by Crippen LogP contribution is 2.36. The van der Waals surface area contributed by atoms with Crippen LogP contribution in [-0.4, -0.2) is 35.0 Å². The van der Waals surface area contributed by atoms with E-state index in [2.05, 4.69) is 25.6 Å². The Bertz CT molecular complexity index is 1770. The van der Waals surface area contributed by atoms with Gasteiger partial charge in [0.25, 0.3) is 0 Å². The maximum absolute atomic E-state index is 14.6. The molecule has 12 heteroatoms. The number of pyridine rings is 1. The third-order valence-electron chi connectivity index (χ3n) is 6.84. The van der Waals surface area contributed by atoms with Crippen molar-refractivity contribution in [1.82, 2.24) is 35.0 Å². The van der Waals surface area contributed by atoms with Crippen LogP contribution in [0.1, 0.15) is 39.9 Å². The summed E-state index contributed by atoms with van der Waals surface area (Å²) in [6, 6.07) is 17.3. The molecule has 3 aromatic carbocycles. The van der Waals surface area contributed by atoms with Gasteiger partial charge in [0, 0.05) is 24.2 Å². The van der Waals surface area contributed by atoms with Crippen LogP contribution in [0.15, 0.2) is 110 Å². The first-order valence-corrected chi connectivity index (χ1v) is 12.7. The van der Waals surface area contributed by atoms with Gasteiger partial charge in [0.05, 0.1) is 23.7 Å². The van der Waals surface area contributed by atoms with Crippen molar-refractivity contribution in [2.45, 2.75) is 18.3 Å². The Morgan fingerprint density at radius 1 is 0.619 bits per heavy atom. The Balaban J connectivity index is 1.42. The standard InChI is InChI=1S/C30H20F5N7/c31-23-8-3-20(4-9-23)29(42-16-14-38-40-42)25-11-10-24(32)17-26(25)27-12-5-21(18-36-27)28(41-15-13-37-39-41)19-1-6-22(7-2-19)30(33,34)35/h1-18,28-29H. The number of rotatable bonds is 7. The van der Waals surface area contributed by atoms with Crippen molar-refractivity contribution in [3.63, 3.8) is 0 Å². The van der Waals surface area contributed by atoms with E-state index in [0.29, 0.717) is 33.5 Å². The van der Waals surface area contributed by atoms with Crippen molar-refractivity contribution in [2.75, 3.05) is 0 Å². The van der Waals surface area contributed by atoms with Gasteiger partial charge in [-0.2, -0.15) is 13.2 Å². The van der Waals surface area contributed by atoms with Crippen LogP contribution >= 0.6 is 0 Å². The van der Waals surface area contributed by atoms with E-state index in [0.717, 1.165) is 12.1 Å². The largest absolute Gasteiger partial charge is 0.416 e. The molecule has 0 spiro atoms. The van der Waals surface area contributed by atoms with Gasteiger partial charge in [-0.05, 0) is 64.7 Å². The van der Waals surface area contributed by atoms with E-state index in [-0.39, 0.29) is 0 Å². The lowest BCUT2D eigenvalue weighted by molar-refractivity contribution is -0.137. The molecule has 42 heavy (non-hydrogen) atoms. The number of alkyl halides is 3. The third-order valence-corrected chi connectivity index (χ3v) is 6.84. The van der Waals surface area contributed by atoms with E-state index in [1.54, 1.807) is 53.6 Å². The van der Waals surface area contributed by atoms with Crippen LogP contribution < -0.4 is 0 Å². The zero-order chi connectivity index (χ0) is 29.3. The van der Waals surface area contributed by atoms with Gasteiger partial charge in [0.1, 0.15) is 23.7 Å². The average Bonchev–Trinajstić information content (AvgIpc) is 3.71. The van der Waals surface area contributed by atoms with E-state index in [4.69, 9.17) is 0 Å². The van der Waals surface area contributed by atoms with Gasteiger partial charge in [-0.25, -0.2) is 18.1 Å². The first-order chi connectivity index (χ1) is 20.3. The van der Waals surface area contributed by atoms with Crippen molar-refractivity contribution >= 4 is 0 Å². The van der Waals surface area contributed by atoms with Crippen LogP contribution in [0.4, 0.5) is 22.0 Å². The summed E-state index contributed by atoms with van der Waals surface area (Å²) in [5.74, 6) is -0.885. The average molecular weight is 574 g/mol. The topological polar surface area (TPSA) is 74.3 Å². The van der Waals surface area contributed by atoms with Crippen molar-refractivity contribution in [1.29, 1.82) is 0 Å². The summed E-state index contributed by atoms with van der Waals surface area (Å²) < 4.78 is 71.0. The number of aromatic nitrogens is 7. The lowest BCUT2D eigenvalue weighted by atomic mass is 9.92. The molecule has 0 aliphatic heterocycles. The van der Waals surface area contributed by atoms with E-state index in [1.165, 1.54) is 53.5 Å². The zero-order valence-corrected chi connectivity index (χ0v) is 21.6. The highest BCUT2D eigenvalue weighted by Gasteiger charge is 2.31. The van der Waals surface area contributed by atoms with Crippen molar-refractivity contribution < 1.29 is 22.0 Å². The fourth-order valence-electron chi connectivity index (χ4n) is 4.90. The number of nitrogens with zero attached hydrogens (tertiary/aromatic N) is 7. The minimum atomic E-state index is -4.47. The second-order valence-electron chi connectivity index (χ2n) is 9.45. The first-order valence-electron chi connectivity index (χ1n) is 12.7. The molecule has 3 heterocycles. The Labute approximate surface area is 235 Å². The van der Waals surface area contributed by atoms with E-state index in [9.17, 15) is 22.0 Å². The third kappa shape index (κ3) is 5.38. The second kappa shape index (κ2) is 11.0. The molecule has 0 saturated heterocycles. The van der Waals surface area contributed by atoms with Crippen molar-refractivity contribution in [3.05, 3.63) is 149 Å². The molecule has 6 aromatic rings. The lowest BCUT2D eigenvalue weighted by Gasteiger charge is -2.22. The van der Waals surface area contributed by atoms with Gasteiger partial charge < -0.3 is 0 Å².